The molecule has 0 aliphatic carbocycles. The third kappa shape index (κ3) is 5.35. The number of fused-ring (bicyclic) bond motifs is 16. The quantitative estimate of drug-likeness (QED) is 0.166. The average molecular weight is 861 g/mol. The second-order valence-corrected chi connectivity index (χ2v) is 17.8. The molecule has 0 spiro atoms. The van der Waals surface area contributed by atoms with Crippen LogP contribution in [0.25, 0.3) is 131 Å². The summed E-state index contributed by atoms with van der Waals surface area (Å²) >= 11 is 0. The highest BCUT2D eigenvalue weighted by molar-refractivity contribution is 6.38. The lowest BCUT2D eigenvalue weighted by molar-refractivity contribution is 1.18. The Morgan fingerprint density at radius 1 is 0.265 bits per heavy atom. The van der Waals surface area contributed by atoms with Crippen LogP contribution in [-0.2, 0) is 0 Å². The van der Waals surface area contributed by atoms with E-state index in [1.807, 2.05) is 12.1 Å². The lowest BCUT2D eigenvalue weighted by Gasteiger charge is -2.20. The van der Waals surface area contributed by atoms with E-state index in [-0.39, 0.29) is 0 Å². The molecule has 14 aromatic rings. The van der Waals surface area contributed by atoms with Crippen LogP contribution in [0.4, 0.5) is 0 Å². The molecule has 0 bridgehead atoms. The van der Waals surface area contributed by atoms with Crippen molar-refractivity contribution in [3.05, 3.63) is 230 Å². The molecule has 0 fully saturated rings. The maximum Gasteiger partial charge on any atom is 0.101 e. The molecule has 0 atom stereocenters. The van der Waals surface area contributed by atoms with Gasteiger partial charge in [0.2, 0.25) is 0 Å². The van der Waals surface area contributed by atoms with Gasteiger partial charge in [0, 0.05) is 32.9 Å². The molecule has 4 nitrogen and oxygen atoms in total. The van der Waals surface area contributed by atoms with Crippen molar-refractivity contribution in [3.63, 3.8) is 0 Å². The number of nitrogens with zero attached hydrogens (tertiary/aromatic N) is 4. The zero-order chi connectivity index (χ0) is 45.0. The molecule has 0 saturated heterocycles. The normalized spacial score (nSPS) is 11.8. The summed E-state index contributed by atoms with van der Waals surface area (Å²) in [5, 5.41) is 36.7. The first kappa shape index (κ1) is 37.9. The monoisotopic (exact) mass is 860 g/mol. The summed E-state index contributed by atoms with van der Waals surface area (Å²) < 4.78 is 4.70. The van der Waals surface area contributed by atoms with Crippen molar-refractivity contribution in [3.8, 4) is 45.8 Å². The van der Waals surface area contributed by atoms with Gasteiger partial charge in [-0.05, 0) is 149 Å². The molecule has 68 heavy (non-hydrogen) atoms. The van der Waals surface area contributed by atoms with Crippen LogP contribution in [0.1, 0.15) is 11.1 Å². The topological polar surface area (TPSA) is 57.4 Å². The van der Waals surface area contributed by atoms with Crippen LogP contribution >= 0.6 is 0 Å². The minimum Gasteiger partial charge on any atom is -0.309 e. The van der Waals surface area contributed by atoms with E-state index in [0.717, 1.165) is 87.5 Å². The number of para-hydroxylation sites is 4. The van der Waals surface area contributed by atoms with Gasteiger partial charge in [-0.2, -0.15) is 10.5 Å². The van der Waals surface area contributed by atoms with Crippen LogP contribution in [0.5, 0.6) is 0 Å². The standard InChI is InChI=1S/C64H36N4/c65-37-41-33-55-56(34-42(41)38-66)58-36-54(40-27-31-44(32-28-40)68-61-23-11-7-17-49(61)50-18-8-12-24-62(50)68)46-14-2-4-20-52(46)64(58)63-51-19-3-1-13-45(51)53(35-57(55)63)39-25-29-43(30-26-39)67-59-21-9-5-15-47(59)48-16-6-10-22-60(48)67/h1-36H. The van der Waals surface area contributed by atoms with E-state index in [1.165, 1.54) is 43.6 Å². The first-order valence-corrected chi connectivity index (χ1v) is 23.0. The fraction of sp³-hybridized carbons (Fsp3) is 0. The molecule has 0 amide bonds. The van der Waals surface area contributed by atoms with E-state index in [4.69, 9.17) is 0 Å². The van der Waals surface area contributed by atoms with Gasteiger partial charge in [-0.1, -0.05) is 146 Å². The van der Waals surface area contributed by atoms with Crippen molar-refractivity contribution in [2.75, 3.05) is 0 Å². The Hall–Kier alpha value is -9.48. The number of aromatic nitrogens is 2. The molecular formula is C64H36N4. The number of hydrogen-bond acceptors (Lipinski definition) is 2. The third-order valence-electron chi connectivity index (χ3n) is 14.4. The van der Waals surface area contributed by atoms with Crippen molar-refractivity contribution in [1.29, 1.82) is 10.5 Å². The second kappa shape index (κ2) is 14.5. The van der Waals surface area contributed by atoms with E-state index < -0.39 is 0 Å². The van der Waals surface area contributed by atoms with Crippen molar-refractivity contribution >= 4 is 97.5 Å². The molecule has 14 rings (SSSR count). The molecule has 2 heterocycles. The van der Waals surface area contributed by atoms with Gasteiger partial charge >= 0.3 is 0 Å². The van der Waals surface area contributed by atoms with Crippen LogP contribution in [-0.4, -0.2) is 9.13 Å². The Balaban J connectivity index is 1.01. The Labute approximate surface area is 390 Å². The lowest BCUT2D eigenvalue weighted by Crippen LogP contribution is -1.95. The Morgan fingerprint density at radius 2 is 0.559 bits per heavy atom. The van der Waals surface area contributed by atoms with Gasteiger partial charge in [0.25, 0.3) is 0 Å². The van der Waals surface area contributed by atoms with Crippen LogP contribution in [0.2, 0.25) is 0 Å². The van der Waals surface area contributed by atoms with E-state index in [1.54, 1.807) is 0 Å². The molecule has 0 radical (unpaired) electrons. The summed E-state index contributed by atoms with van der Waals surface area (Å²) in [4.78, 5) is 0. The van der Waals surface area contributed by atoms with Crippen LogP contribution in [0.3, 0.4) is 0 Å². The van der Waals surface area contributed by atoms with Gasteiger partial charge in [0.1, 0.15) is 12.1 Å². The molecule has 4 heteroatoms. The Morgan fingerprint density at radius 3 is 0.882 bits per heavy atom. The minimum atomic E-state index is 0.368. The highest BCUT2D eigenvalue weighted by Gasteiger charge is 2.21. The Kier molecular flexibility index (Phi) is 8.08. The van der Waals surface area contributed by atoms with Crippen molar-refractivity contribution in [1.82, 2.24) is 9.13 Å². The summed E-state index contributed by atoms with van der Waals surface area (Å²) in [6, 6.07) is 82.9. The molecule has 0 unspecified atom stereocenters. The smallest absolute Gasteiger partial charge is 0.101 e. The minimum absolute atomic E-state index is 0.368. The summed E-state index contributed by atoms with van der Waals surface area (Å²) in [5.41, 5.74) is 12.0. The predicted molar refractivity (Wildman–Crippen MR) is 283 cm³/mol. The summed E-state index contributed by atoms with van der Waals surface area (Å²) in [5.74, 6) is 0. The van der Waals surface area contributed by atoms with E-state index in [2.05, 4.69) is 228 Å². The van der Waals surface area contributed by atoms with Gasteiger partial charge in [0.05, 0.1) is 33.2 Å². The molecule has 12 aromatic carbocycles. The van der Waals surface area contributed by atoms with Gasteiger partial charge in [-0.25, -0.2) is 0 Å². The molecular weight excluding hydrogens is 825 g/mol. The van der Waals surface area contributed by atoms with Gasteiger partial charge < -0.3 is 9.13 Å². The first-order chi connectivity index (χ1) is 33.7. The zero-order valence-electron chi connectivity index (χ0n) is 36.6. The van der Waals surface area contributed by atoms with E-state index in [0.29, 0.717) is 11.1 Å². The molecule has 0 saturated carbocycles. The molecule has 0 aliphatic heterocycles. The van der Waals surface area contributed by atoms with E-state index >= 15 is 0 Å². The first-order valence-electron chi connectivity index (χ1n) is 23.0. The number of rotatable bonds is 4. The van der Waals surface area contributed by atoms with Gasteiger partial charge in [-0.3, -0.25) is 0 Å². The molecule has 0 N–H and O–H groups in total. The second-order valence-electron chi connectivity index (χ2n) is 17.8. The molecule has 312 valence electrons. The molecule has 2 aromatic heterocycles. The van der Waals surface area contributed by atoms with Crippen LogP contribution in [0, 0.1) is 22.7 Å². The maximum atomic E-state index is 10.5. The highest BCUT2D eigenvalue weighted by atomic mass is 15.0. The summed E-state index contributed by atoms with van der Waals surface area (Å²) in [6.07, 6.45) is 0. The fourth-order valence-electron chi connectivity index (χ4n) is 11.4. The largest absolute Gasteiger partial charge is 0.309 e. The Bertz CT molecular complexity index is 4160. The van der Waals surface area contributed by atoms with Crippen molar-refractivity contribution in [2.45, 2.75) is 0 Å². The summed E-state index contributed by atoms with van der Waals surface area (Å²) in [6.45, 7) is 0. The van der Waals surface area contributed by atoms with Gasteiger partial charge in [0.15, 0.2) is 0 Å². The number of hydrogen-bond donors (Lipinski definition) is 0. The van der Waals surface area contributed by atoms with Gasteiger partial charge in [-0.15, -0.1) is 0 Å². The lowest BCUT2D eigenvalue weighted by atomic mass is 9.83. The van der Waals surface area contributed by atoms with Crippen molar-refractivity contribution < 1.29 is 0 Å². The highest BCUT2D eigenvalue weighted by Crippen LogP contribution is 2.48. The summed E-state index contributed by atoms with van der Waals surface area (Å²) in [7, 11) is 0. The maximum absolute atomic E-state index is 10.5. The number of nitriles is 2. The van der Waals surface area contributed by atoms with E-state index in [9.17, 15) is 10.5 Å². The fourth-order valence-corrected chi connectivity index (χ4v) is 11.4. The zero-order valence-corrected chi connectivity index (χ0v) is 36.6. The average Bonchev–Trinajstić information content (AvgIpc) is 3.93. The predicted octanol–water partition coefficient (Wildman–Crippen LogP) is 16.7. The van der Waals surface area contributed by atoms with Crippen molar-refractivity contribution in [2.24, 2.45) is 0 Å². The molecule has 0 aliphatic rings. The third-order valence-corrected chi connectivity index (χ3v) is 14.4. The SMILES string of the molecule is N#Cc1cc2c(cc1C#N)c1cc(-c3ccc(-n4c5ccccc5c5ccccc54)cc3)c3ccccc3c1c1c3ccccc3c(-c3ccc(-n4c5ccccc5c5ccccc54)cc3)cc21. The van der Waals surface area contributed by atoms with Crippen LogP contribution in [0.15, 0.2) is 218 Å². The number of benzene rings is 12. The van der Waals surface area contributed by atoms with Crippen LogP contribution < -0.4 is 0 Å².